The van der Waals surface area contributed by atoms with Gasteiger partial charge in [-0.25, -0.2) is 0 Å². The highest BCUT2D eigenvalue weighted by Crippen LogP contribution is 2.29. The summed E-state index contributed by atoms with van der Waals surface area (Å²) in [7, 11) is 0. The predicted molar refractivity (Wildman–Crippen MR) is 88.7 cm³/mol. The molecule has 0 radical (unpaired) electrons. The molecule has 0 amide bonds. The maximum absolute atomic E-state index is 10.2. The van der Waals surface area contributed by atoms with Crippen LogP contribution in [0.5, 0.6) is 0 Å². The van der Waals surface area contributed by atoms with Crippen LogP contribution in [0, 0.1) is 0 Å². The summed E-state index contributed by atoms with van der Waals surface area (Å²) in [5.74, 6) is 0.938. The summed E-state index contributed by atoms with van der Waals surface area (Å²) >= 11 is 0. The van der Waals surface area contributed by atoms with Crippen LogP contribution in [-0.4, -0.2) is 23.2 Å². The molecule has 4 nitrogen and oxygen atoms in total. The van der Waals surface area contributed by atoms with Gasteiger partial charge in [0.05, 0.1) is 12.1 Å². The molecule has 2 rings (SSSR count). The largest absolute Gasteiger partial charge is 0.388 e. The van der Waals surface area contributed by atoms with Gasteiger partial charge >= 0.3 is 0 Å². The van der Waals surface area contributed by atoms with E-state index in [2.05, 4.69) is 36.3 Å². The van der Waals surface area contributed by atoms with Crippen LogP contribution in [0.2, 0.25) is 0 Å². The van der Waals surface area contributed by atoms with Crippen LogP contribution in [-0.2, 0) is 0 Å². The lowest BCUT2D eigenvalue weighted by Gasteiger charge is -2.19. The highest BCUT2D eigenvalue weighted by atomic mass is 16.3. The molecule has 0 saturated heterocycles. The van der Waals surface area contributed by atoms with Gasteiger partial charge in [-0.2, -0.15) is 0 Å². The number of aliphatic imine (C=N–C) groups is 1. The van der Waals surface area contributed by atoms with E-state index in [1.54, 1.807) is 0 Å². The minimum absolute atomic E-state index is 0.367. The van der Waals surface area contributed by atoms with Crippen molar-refractivity contribution in [1.82, 2.24) is 0 Å². The molecule has 1 atom stereocenters. The average molecular weight is 289 g/mol. The molecule has 1 aromatic rings. The van der Waals surface area contributed by atoms with E-state index in [9.17, 15) is 5.11 Å². The minimum atomic E-state index is -0.646. The molecule has 0 aliphatic heterocycles. The quantitative estimate of drug-likeness (QED) is 0.575. The van der Waals surface area contributed by atoms with Crippen molar-refractivity contribution in [3.63, 3.8) is 0 Å². The molecule has 0 aromatic heterocycles. The van der Waals surface area contributed by atoms with E-state index in [1.165, 1.54) is 5.56 Å². The van der Waals surface area contributed by atoms with Gasteiger partial charge < -0.3 is 16.2 Å². The summed E-state index contributed by atoms with van der Waals surface area (Å²) in [5.41, 5.74) is 7.51. The van der Waals surface area contributed by atoms with Gasteiger partial charge in [-0.05, 0) is 42.9 Å². The van der Waals surface area contributed by atoms with Crippen molar-refractivity contribution in [2.75, 3.05) is 11.9 Å². The number of benzene rings is 1. The van der Waals surface area contributed by atoms with E-state index in [4.69, 9.17) is 5.73 Å². The summed E-state index contributed by atoms with van der Waals surface area (Å²) in [4.78, 5) is 4.28. The molecule has 4 N–H and O–H groups in total. The topological polar surface area (TPSA) is 70.6 Å². The maximum atomic E-state index is 10.2. The lowest BCUT2D eigenvalue weighted by atomic mass is 9.99. The third-order valence-electron chi connectivity index (χ3n) is 4.44. The Balaban J connectivity index is 1.91. The number of nitrogens with zero attached hydrogens (tertiary/aromatic N) is 1. The number of aliphatic hydroxyl groups is 1. The van der Waals surface area contributed by atoms with Crippen molar-refractivity contribution in [2.45, 2.75) is 57.5 Å². The SMILES string of the molecule is CCC(C)c1ccc(NC(N)=NCC2(O)CCCC2)cc1. The van der Waals surface area contributed by atoms with Crippen molar-refractivity contribution in [1.29, 1.82) is 0 Å². The molecule has 0 bridgehead atoms. The predicted octanol–water partition coefficient (Wildman–Crippen LogP) is 3.23. The Hall–Kier alpha value is -1.55. The Kier molecular flexibility index (Phi) is 5.23. The molecule has 21 heavy (non-hydrogen) atoms. The van der Waals surface area contributed by atoms with Crippen molar-refractivity contribution < 1.29 is 5.11 Å². The van der Waals surface area contributed by atoms with Crippen LogP contribution >= 0.6 is 0 Å². The van der Waals surface area contributed by atoms with E-state index < -0.39 is 5.60 Å². The Morgan fingerprint density at radius 2 is 1.95 bits per heavy atom. The first-order valence-corrected chi connectivity index (χ1v) is 7.92. The molecule has 1 aromatic carbocycles. The van der Waals surface area contributed by atoms with Gasteiger partial charge in [0.2, 0.25) is 0 Å². The number of nitrogens with two attached hydrogens (primary N) is 1. The summed E-state index contributed by atoms with van der Waals surface area (Å²) in [5, 5.41) is 13.3. The van der Waals surface area contributed by atoms with Gasteiger partial charge in [0, 0.05) is 5.69 Å². The van der Waals surface area contributed by atoms with Crippen LogP contribution in [0.3, 0.4) is 0 Å². The first-order chi connectivity index (χ1) is 10.0. The second kappa shape index (κ2) is 6.94. The standard InChI is InChI=1S/C17H27N3O/c1-3-13(2)14-6-8-15(9-7-14)20-16(18)19-12-17(21)10-4-5-11-17/h6-9,13,21H,3-5,10-12H2,1-2H3,(H3,18,19,20). The van der Waals surface area contributed by atoms with Crippen molar-refractivity contribution in [3.8, 4) is 0 Å². The van der Waals surface area contributed by atoms with Gasteiger partial charge in [0.25, 0.3) is 0 Å². The number of anilines is 1. The number of nitrogens with one attached hydrogen (secondary N) is 1. The third kappa shape index (κ3) is 4.46. The zero-order valence-corrected chi connectivity index (χ0v) is 13.1. The first-order valence-electron chi connectivity index (χ1n) is 7.92. The lowest BCUT2D eigenvalue weighted by molar-refractivity contribution is 0.0575. The maximum Gasteiger partial charge on any atom is 0.193 e. The molecule has 0 heterocycles. The number of hydrogen-bond donors (Lipinski definition) is 3. The second-order valence-electron chi connectivity index (χ2n) is 6.19. The lowest BCUT2D eigenvalue weighted by Crippen LogP contribution is -2.31. The van der Waals surface area contributed by atoms with Gasteiger partial charge in [-0.15, -0.1) is 0 Å². The molecule has 1 saturated carbocycles. The smallest absolute Gasteiger partial charge is 0.193 e. The fourth-order valence-electron chi connectivity index (χ4n) is 2.74. The summed E-state index contributed by atoms with van der Waals surface area (Å²) in [6.45, 7) is 4.80. The van der Waals surface area contributed by atoms with Gasteiger partial charge in [-0.3, -0.25) is 4.99 Å². The summed E-state index contributed by atoms with van der Waals surface area (Å²) in [6, 6.07) is 8.28. The van der Waals surface area contributed by atoms with Gasteiger partial charge in [0.15, 0.2) is 5.96 Å². The number of hydrogen-bond acceptors (Lipinski definition) is 2. The van der Waals surface area contributed by atoms with Crippen LogP contribution in [0.4, 0.5) is 5.69 Å². The van der Waals surface area contributed by atoms with E-state index in [0.717, 1.165) is 37.8 Å². The third-order valence-corrected chi connectivity index (χ3v) is 4.44. The van der Waals surface area contributed by atoms with Gasteiger partial charge in [0.1, 0.15) is 0 Å². The monoisotopic (exact) mass is 289 g/mol. The highest BCUT2D eigenvalue weighted by molar-refractivity contribution is 5.92. The zero-order valence-electron chi connectivity index (χ0n) is 13.1. The van der Waals surface area contributed by atoms with Crippen LogP contribution in [0.25, 0.3) is 0 Å². The number of rotatable bonds is 5. The van der Waals surface area contributed by atoms with Crippen molar-refractivity contribution in [2.24, 2.45) is 10.7 Å². The fourth-order valence-corrected chi connectivity index (χ4v) is 2.74. The molecule has 1 aliphatic rings. The van der Waals surface area contributed by atoms with Crippen LogP contribution < -0.4 is 11.1 Å². The Morgan fingerprint density at radius 1 is 1.33 bits per heavy atom. The Labute approximate surface area is 127 Å². The first kappa shape index (κ1) is 15.8. The molecule has 0 spiro atoms. The average Bonchev–Trinajstić information content (AvgIpc) is 2.92. The molecule has 1 fully saturated rings. The van der Waals surface area contributed by atoms with E-state index in [-0.39, 0.29) is 0 Å². The molecule has 1 aliphatic carbocycles. The van der Waals surface area contributed by atoms with Crippen LogP contribution in [0.1, 0.15) is 57.4 Å². The van der Waals surface area contributed by atoms with Gasteiger partial charge in [-0.1, -0.05) is 38.8 Å². The van der Waals surface area contributed by atoms with Crippen LogP contribution in [0.15, 0.2) is 29.3 Å². The molecular formula is C17H27N3O. The Bertz CT molecular complexity index is 475. The zero-order chi connectivity index (χ0) is 15.3. The van der Waals surface area contributed by atoms with E-state index in [1.807, 2.05) is 12.1 Å². The van der Waals surface area contributed by atoms with Crippen molar-refractivity contribution in [3.05, 3.63) is 29.8 Å². The molecule has 1 unspecified atom stereocenters. The second-order valence-corrected chi connectivity index (χ2v) is 6.19. The minimum Gasteiger partial charge on any atom is -0.388 e. The molecular weight excluding hydrogens is 262 g/mol. The normalized spacial score (nSPS) is 19.5. The fraction of sp³-hybridized carbons (Fsp3) is 0.588. The highest BCUT2D eigenvalue weighted by Gasteiger charge is 2.30. The van der Waals surface area contributed by atoms with Crippen molar-refractivity contribution >= 4 is 11.6 Å². The molecule has 116 valence electrons. The van der Waals surface area contributed by atoms with E-state index >= 15 is 0 Å². The Morgan fingerprint density at radius 3 is 2.52 bits per heavy atom. The number of guanidine groups is 1. The summed E-state index contributed by atoms with van der Waals surface area (Å²) < 4.78 is 0. The van der Waals surface area contributed by atoms with E-state index in [0.29, 0.717) is 18.4 Å². The summed E-state index contributed by atoms with van der Waals surface area (Å²) in [6.07, 6.45) is 4.95. The molecule has 4 heteroatoms.